The molecule has 1 heteroatoms. The van der Waals surface area contributed by atoms with Crippen molar-refractivity contribution >= 4 is 0 Å². The van der Waals surface area contributed by atoms with Crippen molar-refractivity contribution in [1.82, 2.24) is 0 Å². The lowest BCUT2D eigenvalue weighted by molar-refractivity contribution is -0.167. The Balaban J connectivity index is 2.20. The van der Waals surface area contributed by atoms with Crippen LogP contribution in [0, 0.1) is 23.2 Å². The van der Waals surface area contributed by atoms with Gasteiger partial charge in [-0.2, -0.15) is 0 Å². The van der Waals surface area contributed by atoms with Crippen molar-refractivity contribution in [2.45, 2.75) is 39.7 Å². The molecule has 0 aliphatic heterocycles. The lowest BCUT2D eigenvalue weighted by atomic mass is 9.45. The molecule has 1 nitrogen and oxygen atoms in total. The van der Waals surface area contributed by atoms with Crippen LogP contribution in [0.1, 0.15) is 33.6 Å². The van der Waals surface area contributed by atoms with E-state index in [9.17, 15) is 5.11 Å². The van der Waals surface area contributed by atoms with E-state index in [1.165, 1.54) is 6.42 Å². The van der Waals surface area contributed by atoms with Crippen LogP contribution in [0.15, 0.2) is 0 Å². The van der Waals surface area contributed by atoms with Crippen molar-refractivity contribution in [2.24, 2.45) is 23.2 Å². The molecular formula is C10H18O. The fourth-order valence-electron chi connectivity index (χ4n) is 3.32. The van der Waals surface area contributed by atoms with E-state index in [0.29, 0.717) is 11.3 Å². The summed E-state index contributed by atoms with van der Waals surface area (Å²) >= 11 is 0. The molecule has 0 radical (unpaired) electrons. The SMILES string of the molecule is C[C@@H]1CC(O)[C@H]2C[C@@H]1C2(C)C. The molecule has 11 heavy (non-hydrogen) atoms. The standard InChI is InChI=1S/C10H18O/c1-6-4-9(11)8-5-7(6)10(8,2)3/h6-9,11H,4-5H2,1-3H3/t6-,7+,8-,9?/m1/s1. The molecule has 2 bridgehead atoms. The molecule has 1 unspecified atom stereocenters. The van der Waals surface area contributed by atoms with Gasteiger partial charge in [0.15, 0.2) is 0 Å². The first-order valence-corrected chi connectivity index (χ1v) is 4.71. The average Bonchev–Trinajstić information content (AvgIpc) is 1.84. The summed E-state index contributed by atoms with van der Waals surface area (Å²) in [6.45, 7) is 6.90. The van der Waals surface area contributed by atoms with E-state index in [0.717, 1.165) is 18.3 Å². The summed E-state index contributed by atoms with van der Waals surface area (Å²) in [7, 11) is 0. The van der Waals surface area contributed by atoms with Gasteiger partial charge in [0.1, 0.15) is 0 Å². The van der Waals surface area contributed by atoms with Gasteiger partial charge >= 0.3 is 0 Å². The summed E-state index contributed by atoms with van der Waals surface area (Å²) in [5.41, 5.74) is 0.428. The van der Waals surface area contributed by atoms with E-state index in [-0.39, 0.29) is 6.10 Å². The minimum absolute atomic E-state index is 0.00926. The third kappa shape index (κ3) is 0.807. The van der Waals surface area contributed by atoms with Gasteiger partial charge in [-0.3, -0.25) is 0 Å². The highest BCUT2D eigenvalue weighted by Crippen LogP contribution is 2.61. The Labute approximate surface area is 68.8 Å². The van der Waals surface area contributed by atoms with Gasteiger partial charge in [-0.15, -0.1) is 0 Å². The lowest BCUT2D eigenvalue weighted by Gasteiger charge is -2.61. The lowest BCUT2D eigenvalue weighted by Crippen LogP contribution is -2.57. The summed E-state index contributed by atoms with van der Waals surface area (Å²) in [5, 5.41) is 9.72. The Bertz CT molecular complexity index is 158. The third-order valence-corrected chi connectivity index (χ3v) is 4.18. The van der Waals surface area contributed by atoms with Crippen molar-refractivity contribution < 1.29 is 5.11 Å². The monoisotopic (exact) mass is 154 g/mol. The van der Waals surface area contributed by atoms with Gasteiger partial charge in [0.05, 0.1) is 6.10 Å². The zero-order valence-corrected chi connectivity index (χ0v) is 7.67. The first-order valence-electron chi connectivity index (χ1n) is 4.71. The maximum atomic E-state index is 9.72. The van der Waals surface area contributed by atoms with Crippen LogP contribution in [0.4, 0.5) is 0 Å². The van der Waals surface area contributed by atoms with Gasteiger partial charge in [-0.05, 0) is 36.0 Å². The molecule has 3 fully saturated rings. The summed E-state index contributed by atoms with van der Waals surface area (Å²) < 4.78 is 0. The molecule has 0 aromatic rings. The van der Waals surface area contributed by atoms with Gasteiger partial charge in [0.25, 0.3) is 0 Å². The molecule has 0 heterocycles. The molecule has 0 spiro atoms. The highest BCUT2D eigenvalue weighted by atomic mass is 16.3. The number of hydrogen-bond donors (Lipinski definition) is 1. The van der Waals surface area contributed by atoms with Crippen LogP contribution in [0.3, 0.4) is 0 Å². The van der Waals surface area contributed by atoms with Crippen LogP contribution < -0.4 is 0 Å². The minimum Gasteiger partial charge on any atom is -0.393 e. The number of fused-ring (bicyclic) bond motifs is 2. The van der Waals surface area contributed by atoms with Gasteiger partial charge in [-0.1, -0.05) is 20.8 Å². The largest absolute Gasteiger partial charge is 0.393 e. The van der Waals surface area contributed by atoms with Crippen LogP contribution in [-0.2, 0) is 0 Å². The normalized spacial score (nSPS) is 53.5. The molecule has 3 rings (SSSR count). The van der Waals surface area contributed by atoms with Crippen molar-refractivity contribution in [1.29, 1.82) is 0 Å². The van der Waals surface area contributed by atoms with Crippen molar-refractivity contribution in [3.8, 4) is 0 Å². The molecule has 64 valence electrons. The first kappa shape index (κ1) is 7.60. The molecular weight excluding hydrogens is 136 g/mol. The number of aliphatic hydroxyl groups is 1. The number of aliphatic hydroxyl groups excluding tert-OH is 1. The van der Waals surface area contributed by atoms with E-state index in [2.05, 4.69) is 20.8 Å². The average molecular weight is 154 g/mol. The highest BCUT2D eigenvalue weighted by Gasteiger charge is 2.56. The van der Waals surface area contributed by atoms with Gasteiger partial charge < -0.3 is 5.11 Å². The third-order valence-electron chi connectivity index (χ3n) is 4.18. The maximum Gasteiger partial charge on any atom is 0.0576 e. The summed E-state index contributed by atoms with van der Waals surface area (Å²) in [5.74, 6) is 2.23. The van der Waals surface area contributed by atoms with Gasteiger partial charge in [0, 0.05) is 0 Å². The Morgan fingerprint density at radius 3 is 2.18 bits per heavy atom. The fraction of sp³-hybridized carbons (Fsp3) is 1.00. The summed E-state index contributed by atoms with van der Waals surface area (Å²) in [4.78, 5) is 0. The highest BCUT2D eigenvalue weighted by molar-refractivity contribution is 5.05. The molecule has 3 saturated carbocycles. The zero-order valence-electron chi connectivity index (χ0n) is 7.67. The van der Waals surface area contributed by atoms with Crippen LogP contribution in [0.2, 0.25) is 0 Å². The molecule has 1 N–H and O–H groups in total. The zero-order chi connectivity index (χ0) is 8.22. The van der Waals surface area contributed by atoms with Crippen molar-refractivity contribution in [3.05, 3.63) is 0 Å². The Hall–Kier alpha value is -0.0400. The second-order valence-corrected chi connectivity index (χ2v) is 5.05. The molecule has 4 atom stereocenters. The second kappa shape index (κ2) is 2.01. The van der Waals surface area contributed by atoms with E-state index >= 15 is 0 Å². The molecule has 0 aromatic heterocycles. The minimum atomic E-state index is -0.00926. The number of hydrogen-bond acceptors (Lipinski definition) is 1. The molecule has 3 aliphatic rings. The topological polar surface area (TPSA) is 20.2 Å². The molecule has 0 saturated heterocycles. The first-order chi connectivity index (χ1) is 5.03. The van der Waals surface area contributed by atoms with Crippen LogP contribution in [0.5, 0.6) is 0 Å². The summed E-state index contributed by atoms with van der Waals surface area (Å²) in [6, 6.07) is 0. The van der Waals surface area contributed by atoms with Crippen molar-refractivity contribution in [2.75, 3.05) is 0 Å². The van der Waals surface area contributed by atoms with Crippen molar-refractivity contribution in [3.63, 3.8) is 0 Å². The predicted octanol–water partition coefficient (Wildman–Crippen LogP) is 2.05. The van der Waals surface area contributed by atoms with E-state index in [1.54, 1.807) is 0 Å². The van der Waals surface area contributed by atoms with Crippen LogP contribution in [0.25, 0.3) is 0 Å². The molecule has 0 aromatic carbocycles. The van der Waals surface area contributed by atoms with Crippen LogP contribution in [-0.4, -0.2) is 11.2 Å². The number of rotatable bonds is 0. The van der Waals surface area contributed by atoms with Gasteiger partial charge in [0.2, 0.25) is 0 Å². The Morgan fingerprint density at radius 1 is 1.18 bits per heavy atom. The second-order valence-electron chi connectivity index (χ2n) is 5.05. The van der Waals surface area contributed by atoms with Gasteiger partial charge in [-0.25, -0.2) is 0 Å². The molecule has 0 amide bonds. The Kier molecular flexibility index (Phi) is 1.39. The van der Waals surface area contributed by atoms with E-state index in [1.807, 2.05) is 0 Å². The predicted molar refractivity (Wildman–Crippen MR) is 45.2 cm³/mol. The van der Waals surface area contributed by atoms with E-state index in [4.69, 9.17) is 0 Å². The maximum absolute atomic E-state index is 9.72. The fourth-order valence-corrected chi connectivity index (χ4v) is 3.32. The van der Waals surface area contributed by atoms with E-state index < -0.39 is 0 Å². The quantitative estimate of drug-likeness (QED) is 0.566. The Morgan fingerprint density at radius 2 is 1.82 bits per heavy atom. The smallest absolute Gasteiger partial charge is 0.0576 e. The summed E-state index contributed by atoms with van der Waals surface area (Å²) in [6.07, 6.45) is 2.30. The molecule has 3 aliphatic carbocycles. The van der Waals surface area contributed by atoms with Crippen LogP contribution >= 0.6 is 0 Å².